The monoisotopic (exact) mass is 554 g/mol. The van der Waals surface area contributed by atoms with Crippen molar-refractivity contribution in [2.75, 3.05) is 6.54 Å². The largest absolute Gasteiger partial charge is 0.507 e. The zero-order valence-electron chi connectivity index (χ0n) is 25.3. The number of Topliss-reactive ketones (excluding diaryl/α,β-unsaturated/α-hetero) is 1. The summed E-state index contributed by atoms with van der Waals surface area (Å²) in [6.45, 7) is 18.8. The second kappa shape index (κ2) is 12.3. The number of amidine groups is 1. The fourth-order valence-electron chi connectivity index (χ4n) is 5.58. The number of benzene rings is 2. The predicted octanol–water partition coefficient (Wildman–Crippen LogP) is 8.24. The molecule has 1 N–H and O–H groups in total. The number of likely N-dealkylation sites (tertiary alicyclic amines) is 1. The summed E-state index contributed by atoms with van der Waals surface area (Å²) in [5.41, 5.74) is 2.76. The predicted molar refractivity (Wildman–Crippen MR) is 163 cm³/mol. The molecule has 0 aromatic heterocycles. The fraction of sp³-hybridized carbons (Fsp3) is 0.576. The quantitative estimate of drug-likeness (QED) is 0.317. The van der Waals surface area contributed by atoms with E-state index >= 15 is 0 Å². The Morgan fingerprint density at radius 2 is 1.72 bits per heavy atom. The van der Waals surface area contributed by atoms with E-state index in [4.69, 9.17) is 16.5 Å². The van der Waals surface area contributed by atoms with Gasteiger partial charge in [-0.25, -0.2) is 0 Å². The highest BCUT2D eigenvalue weighted by molar-refractivity contribution is 6.20. The van der Waals surface area contributed by atoms with Crippen LogP contribution in [0.25, 0.3) is 0 Å². The number of carbonyl (C=O) groups excluding carboxylic acids is 1. The molecule has 0 saturated carbocycles. The molecule has 5 nitrogen and oxygen atoms in total. The minimum absolute atomic E-state index is 0.0119. The van der Waals surface area contributed by atoms with Gasteiger partial charge in [0.25, 0.3) is 0 Å². The molecule has 2 aromatic carbocycles. The summed E-state index contributed by atoms with van der Waals surface area (Å²) in [6.07, 6.45) is 3.77. The molecule has 0 spiro atoms. The number of halogens is 1. The van der Waals surface area contributed by atoms with Crippen LogP contribution in [0, 0.1) is 5.92 Å². The maximum atomic E-state index is 13.9. The summed E-state index contributed by atoms with van der Waals surface area (Å²) in [5.74, 6) is 2.06. The molecule has 0 unspecified atom stereocenters. The number of ketones is 1. The van der Waals surface area contributed by atoms with Crippen LogP contribution in [0.2, 0.25) is 0 Å². The lowest BCUT2D eigenvalue weighted by Crippen LogP contribution is -2.38. The van der Waals surface area contributed by atoms with Gasteiger partial charge in [-0.3, -0.25) is 4.79 Å². The maximum Gasteiger partial charge on any atom is 0.182 e. The Morgan fingerprint density at radius 1 is 1.10 bits per heavy atom. The SMILES string of the molecule is CCC[C@H]1C[C@H](Cc2cccc(OC(C)C)c2)C(=NCl)N1CC(=O)c1cc(C(C)(C)C)c(O)c(C(C)(C)C)c1. The lowest BCUT2D eigenvalue weighted by atomic mass is 9.78. The first-order valence-electron chi connectivity index (χ1n) is 14.3. The summed E-state index contributed by atoms with van der Waals surface area (Å²) in [5, 5.41) is 11.1. The third-order valence-corrected chi connectivity index (χ3v) is 7.65. The number of aromatic hydroxyl groups is 1. The van der Waals surface area contributed by atoms with Gasteiger partial charge in [0.1, 0.15) is 17.3 Å². The van der Waals surface area contributed by atoms with E-state index in [9.17, 15) is 9.90 Å². The first-order valence-corrected chi connectivity index (χ1v) is 14.6. The lowest BCUT2D eigenvalue weighted by molar-refractivity contribution is 0.0950. The molecular weight excluding hydrogens is 508 g/mol. The van der Waals surface area contributed by atoms with Crippen molar-refractivity contribution in [3.05, 3.63) is 58.7 Å². The van der Waals surface area contributed by atoms with Crippen LogP contribution < -0.4 is 4.74 Å². The molecule has 39 heavy (non-hydrogen) atoms. The second-order valence-electron chi connectivity index (χ2n) is 13.3. The van der Waals surface area contributed by atoms with E-state index in [0.717, 1.165) is 48.4 Å². The molecular formula is C33H47ClN2O3. The fourth-order valence-corrected chi connectivity index (χ4v) is 5.81. The van der Waals surface area contributed by atoms with Crippen molar-refractivity contribution in [3.8, 4) is 11.5 Å². The van der Waals surface area contributed by atoms with Crippen molar-refractivity contribution in [1.82, 2.24) is 4.90 Å². The Morgan fingerprint density at radius 3 is 2.23 bits per heavy atom. The first-order chi connectivity index (χ1) is 18.1. The molecule has 1 aliphatic rings. The maximum absolute atomic E-state index is 13.9. The van der Waals surface area contributed by atoms with Crippen LogP contribution in [0.5, 0.6) is 11.5 Å². The zero-order chi connectivity index (χ0) is 29.1. The highest BCUT2D eigenvalue weighted by atomic mass is 35.5. The lowest BCUT2D eigenvalue weighted by Gasteiger charge is -2.29. The van der Waals surface area contributed by atoms with E-state index in [-0.39, 0.29) is 47.0 Å². The Bertz CT molecular complexity index is 1160. The second-order valence-corrected chi connectivity index (χ2v) is 13.5. The van der Waals surface area contributed by atoms with Gasteiger partial charge in [0.2, 0.25) is 0 Å². The Kier molecular flexibility index (Phi) is 9.80. The number of ether oxygens (including phenoxy) is 1. The van der Waals surface area contributed by atoms with Crippen molar-refractivity contribution < 1.29 is 14.6 Å². The smallest absolute Gasteiger partial charge is 0.182 e. The Hall–Kier alpha value is -2.53. The molecule has 0 radical (unpaired) electrons. The average Bonchev–Trinajstić information content (AvgIpc) is 3.12. The summed E-state index contributed by atoms with van der Waals surface area (Å²) >= 11 is 6.23. The number of phenols is 1. The van der Waals surface area contributed by atoms with Crippen LogP contribution in [-0.4, -0.2) is 40.3 Å². The average molecular weight is 555 g/mol. The van der Waals surface area contributed by atoms with Crippen molar-refractivity contribution in [2.45, 2.75) is 111 Å². The molecule has 1 heterocycles. The Balaban J connectivity index is 1.92. The highest BCUT2D eigenvalue weighted by Gasteiger charge is 2.38. The van der Waals surface area contributed by atoms with E-state index in [1.165, 1.54) is 5.56 Å². The van der Waals surface area contributed by atoms with E-state index in [1.54, 1.807) is 0 Å². The molecule has 0 aliphatic carbocycles. The minimum Gasteiger partial charge on any atom is -0.507 e. The van der Waals surface area contributed by atoms with E-state index < -0.39 is 0 Å². The van der Waals surface area contributed by atoms with E-state index in [2.05, 4.69) is 70.0 Å². The van der Waals surface area contributed by atoms with Crippen LogP contribution in [0.15, 0.2) is 40.9 Å². The topological polar surface area (TPSA) is 62.1 Å². The van der Waals surface area contributed by atoms with Gasteiger partial charge in [-0.05, 0) is 73.8 Å². The summed E-state index contributed by atoms with van der Waals surface area (Å²) in [7, 11) is 0. The van der Waals surface area contributed by atoms with E-state index in [0.29, 0.717) is 5.56 Å². The number of rotatable bonds is 9. The van der Waals surface area contributed by atoms with Crippen LogP contribution in [0.1, 0.15) is 109 Å². The highest BCUT2D eigenvalue weighted by Crippen LogP contribution is 2.40. The number of nitrogens with zero attached hydrogens (tertiary/aromatic N) is 2. The van der Waals surface area contributed by atoms with Gasteiger partial charge in [-0.15, -0.1) is 0 Å². The van der Waals surface area contributed by atoms with Crippen molar-refractivity contribution in [3.63, 3.8) is 0 Å². The molecule has 1 fully saturated rings. The Labute approximate surface area is 240 Å². The summed E-state index contributed by atoms with van der Waals surface area (Å²) in [6, 6.07) is 12.1. The third kappa shape index (κ3) is 7.57. The molecule has 6 heteroatoms. The van der Waals surface area contributed by atoms with Crippen molar-refractivity contribution in [2.24, 2.45) is 10.4 Å². The standard InChI is InChI=1S/C33H47ClN2O3/c1-10-12-25-17-24(15-22-13-11-14-26(16-22)39-21(2)3)31(35-34)36(25)20-29(37)23-18-27(32(4,5)6)30(38)28(19-23)33(7,8)9/h11,13-14,16,18-19,21,24-25,38H,10,12,15,17,20H2,1-9H3/t24-,25-/m0/s1. The normalized spacial score (nSPS) is 19.3. The van der Waals surface area contributed by atoms with Crippen LogP contribution in [0.4, 0.5) is 0 Å². The summed E-state index contributed by atoms with van der Waals surface area (Å²) < 4.78 is 10.1. The molecule has 1 saturated heterocycles. The van der Waals surface area contributed by atoms with Crippen LogP contribution >= 0.6 is 11.8 Å². The van der Waals surface area contributed by atoms with Gasteiger partial charge in [0.15, 0.2) is 5.78 Å². The van der Waals surface area contributed by atoms with Gasteiger partial charge < -0.3 is 14.7 Å². The van der Waals surface area contributed by atoms with Crippen molar-refractivity contribution >= 4 is 23.4 Å². The van der Waals surface area contributed by atoms with E-state index in [1.807, 2.05) is 38.1 Å². The molecule has 2 atom stereocenters. The van der Waals surface area contributed by atoms with Crippen LogP contribution in [-0.2, 0) is 17.3 Å². The summed E-state index contributed by atoms with van der Waals surface area (Å²) in [4.78, 5) is 16.0. The molecule has 2 aromatic rings. The number of carbonyl (C=O) groups is 1. The van der Waals surface area contributed by atoms with Gasteiger partial charge in [-0.1, -0.05) is 67.0 Å². The number of phenolic OH excluding ortho intramolecular Hbond substituents is 1. The van der Waals surface area contributed by atoms with Crippen LogP contribution in [0.3, 0.4) is 0 Å². The molecule has 1 aliphatic heterocycles. The number of hydrogen-bond donors (Lipinski definition) is 1. The molecule has 0 bridgehead atoms. The third-order valence-electron chi connectivity index (χ3n) is 7.48. The first kappa shape index (κ1) is 31.0. The van der Waals surface area contributed by atoms with Crippen molar-refractivity contribution in [1.29, 1.82) is 0 Å². The minimum atomic E-state index is -0.305. The number of hydrogen-bond acceptors (Lipinski definition) is 4. The molecule has 0 amide bonds. The van der Waals surface area contributed by atoms with Gasteiger partial charge in [-0.2, -0.15) is 4.51 Å². The molecule has 214 valence electrons. The molecule has 3 rings (SSSR count). The van der Waals surface area contributed by atoms with Gasteiger partial charge >= 0.3 is 0 Å². The van der Waals surface area contributed by atoms with Gasteiger partial charge in [0.05, 0.1) is 12.6 Å². The van der Waals surface area contributed by atoms with Gasteiger partial charge in [0, 0.05) is 40.4 Å². The zero-order valence-corrected chi connectivity index (χ0v) is 26.0.